The SMILES string of the molecule is CC(C)(C)N(CCC(=O)O)CC(=O)N1CCCCCC1. The van der Waals surface area contributed by atoms with Crippen LogP contribution in [0.15, 0.2) is 0 Å². The highest BCUT2D eigenvalue weighted by Gasteiger charge is 2.26. The lowest BCUT2D eigenvalue weighted by molar-refractivity contribution is -0.139. The first-order valence-corrected chi connectivity index (χ1v) is 7.55. The van der Waals surface area contributed by atoms with E-state index in [9.17, 15) is 9.59 Å². The quantitative estimate of drug-likeness (QED) is 0.838. The Kier molecular flexibility index (Phi) is 6.46. The molecule has 1 rings (SSSR count). The Bertz CT molecular complexity index is 329. The second-order valence-corrected chi connectivity index (χ2v) is 6.53. The van der Waals surface area contributed by atoms with Crippen LogP contribution in [-0.2, 0) is 9.59 Å². The number of hydrogen-bond donors (Lipinski definition) is 1. The van der Waals surface area contributed by atoms with Gasteiger partial charge in [-0.05, 0) is 33.6 Å². The molecule has 116 valence electrons. The van der Waals surface area contributed by atoms with Gasteiger partial charge < -0.3 is 10.0 Å². The van der Waals surface area contributed by atoms with E-state index in [0.717, 1.165) is 25.9 Å². The number of amides is 1. The van der Waals surface area contributed by atoms with E-state index in [4.69, 9.17) is 5.11 Å². The van der Waals surface area contributed by atoms with Gasteiger partial charge >= 0.3 is 5.97 Å². The second kappa shape index (κ2) is 7.62. The van der Waals surface area contributed by atoms with E-state index in [0.29, 0.717) is 13.1 Å². The summed E-state index contributed by atoms with van der Waals surface area (Å²) in [5.41, 5.74) is -0.197. The Labute approximate surface area is 121 Å². The molecular formula is C15H28N2O3. The third kappa shape index (κ3) is 5.90. The van der Waals surface area contributed by atoms with Gasteiger partial charge in [0, 0.05) is 25.2 Å². The van der Waals surface area contributed by atoms with Crippen LogP contribution in [0, 0.1) is 0 Å². The number of carbonyl (C=O) groups excluding carboxylic acids is 1. The summed E-state index contributed by atoms with van der Waals surface area (Å²) in [6.45, 7) is 8.47. The minimum atomic E-state index is -0.818. The molecule has 1 saturated heterocycles. The van der Waals surface area contributed by atoms with Crippen LogP contribution in [0.4, 0.5) is 0 Å². The second-order valence-electron chi connectivity index (χ2n) is 6.53. The number of aliphatic carboxylic acids is 1. The van der Waals surface area contributed by atoms with Crippen molar-refractivity contribution >= 4 is 11.9 Å². The van der Waals surface area contributed by atoms with E-state index >= 15 is 0 Å². The fourth-order valence-electron chi connectivity index (χ4n) is 2.47. The standard InChI is InChI=1S/C15H28N2O3/c1-15(2,3)17(11-8-14(19)20)12-13(18)16-9-6-4-5-7-10-16/h4-12H2,1-3H3,(H,19,20). The van der Waals surface area contributed by atoms with Crippen molar-refractivity contribution in [3.05, 3.63) is 0 Å². The molecule has 5 nitrogen and oxygen atoms in total. The Morgan fingerprint density at radius 1 is 1.10 bits per heavy atom. The smallest absolute Gasteiger partial charge is 0.304 e. The van der Waals surface area contributed by atoms with Crippen molar-refractivity contribution in [3.63, 3.8) is 0 Å². The molecule has 1 amide bonds. The first-order chi connectivity index (χ1) is 9.30. The van der Waals surface area contributed by atoms with Gasteiger partial charge in [0.05, 0.1) is 13.0 Å². The minimum Gasteiger partial charge on any atom is -0.481 e. The fraction of sp³-hybridized carbons (Fsp3) is 0.867. The van der Waals surface area contributed by atoms with Gasteiger partial charge in [-0.15, -0.1) is 0 Å². The van der Waals surface area contributed by atoms with Crippen molar-refractivity contribution < 1.29 is 14.7 Å². The first-order valence-electron chi connectivity index (χ1n) is 7.55. The molecule has 0 aromatic rings. The summed E-state index contributed by atoms with van der Waals surface area (Å²) in [4.78, 5) is 27.0. The Morgan fingerprint density at radius 3 is 2.10 bits per heavy atom. The summed E-state index contributed by atoms with van der Waals surface area (Å²) < 4.78 is 0. The maximum Gasteiger partial charge on any atom is 0.304 e. The van der Waals surface area contributed by atoms with Gasteiger partial charge in [0.15, 0.2) is 0 Å². The Morgan fingerprint density at radius 2 is 1.65 bits per heavy atom. The molecule has 0 aliphatic carbocycles. The largest absolute Gasteiger partial charge is 0.481 e. The van der Waals surface area contributed by atoms with Crippen molar-refractivity contribution in [1.82, 2.24) is 9.80 Å². The predicted octanol–water partition coefficient (Wildman–Crippen LogP) is 1.96. The van der Waals surface area contributed by atoms with Gasteiger partial charge in [0.1, 0.15) is 0 Å². The molecule has 1 heterocycles. The number of likely N-dealkylation sites (tertiary alicyclic amines) is 1. The number of nitrogens with zero attached hydrogens (tertiary/aromatic N) is 2. The molecular weight excluding hydrogens is 256 g/mol. The van der Waals surface area contributed by atoms with Crippen molar-refractivity contribution in [2.24, 2.45) is 0 Å². The lowest BCUT2D eigenvalue weighted by atomic mass is 10.1. The molecule has 1 aliphatic heterocycles. The maximum absolute atomic E-state index is 12.4. The number of rotatable bonds is 5. The van der Waals surface area contributed by atoms with Crippen LogP contribution in [0.2, 0.25) is 0 Å². The third-order valence-corrected chi connectivity index (χ3v) is 3.83. The van der Waals surface area contributed by atoms with Crippen LogP contribution >= 0.6 is 0 Å². The molecule has 0 bridgehead atoms. The van der Waals surface area contributed by atoms with Gasteiger partial charge in [-0.25, -0.2) is 0 Å². The van der Waals surface area contributed by atoms with Crippen LogP contribution in [0.25, 0.3) is 0 Å². The lowest BCUT2D eigenvalue weighted by Crippen LogP contribution is -2.49. The molecule has 1 aliphatic rings. The van der Waals surface area contributed by atoms with E-state index < -0.39 is 5.97 Å². The van der Waals surface area contributed by atoms with Crippen molar-refractivity contribution in [2.75, 3.05) is 26.2 Å². The molecule has 0 radical (unpaired) electrons. The van der Waals surface area contributed by atoms with Gasteiger partial charge in [-0.3, -0.25) is 14.5 Å². The average molecular weight is 284 g/mol. The Balaban J connectivity index is 2.58. The molecule has 5 heteroatoms. The van der Waals surface area contributed by atoms with Crippen LogP contribution in [0.5, 0.6) is 0 Å². The zero-order valence-electron chi connectivity index (χ0n) is 13.0. The summed E-state index contributed by atoms with van der Waals surface area (Å²) in [5.74, 6) is -0.686. The van der Waals surface area contributed by atoms with Crippen LogP contribution in [-0.4, -0.2) is 58.5 Å². The van der Waals surface area contributed by atoms with Gasteiger partial charge in [-0.1, -0.05) is 12.8 Å². The van der Waals surface area contributed by atoms with E-state index in [1.54, 1.807) is 0 Å². The van der Waals surface area contributed by atoms with E-state index in [-0.39, 0.29) is 17.9 Å². The summed E-state index contributed by atoms with van der Waals surface area (Å²) in [7, 11) is 0. The molecule has 0 atom stereocenters. The van der Waals surface area contributed by atoms with E-state index in [2.05, 4.69) is 0 Å². The summed E-state index contributed by atoms with van der Waals surface area (Å²) in [5, 5.41) is 8.83. The zero-order chi connectivity index (χ0) is 15.2. The van der Waals surface area contributed by atoms with Crippen molar-refractivity contribution in [1.29, 1.82) is 0 Å². The molecule has 0 aromatic heterocycles. The summed E-state index contributed by atoms with van der Waals surface area (Å²) in [6.07, 6.45) is 4.63. The monoisotopic (exact) mass is 284 g/mol. The molecule has 20 heavy (non-hydrogen) atoms. The Hall–Kier alpha value is -1.10. The van der Waals surface area contributed by atoms with Crippen LogP contribution in [0.1, 0.15) is 52.9 Å². The number of carboxylic acid groups (broad SMARTS) is 1. The topological polar surface area (TPSA) is 60.9 Å². The summed E-state index contributed by atoms with van der Waals surface area (Å²) in [6, 6.07) is 0. The molecule has 1 fully saturated rings. The maximum atomic E-state index is 12.4. The first kappa shape index (κ1) is 17.0. The number of hydrogen-bond acceptors (Lipinski definition) is 3. The molecule has 0 aromatic carbocycles. The van der Waals surface area contributed by atoms with Gasteiger partial charge in [0.25, 0.3) is 0 Å². The van der Waals surface area contributed by atoms with Crippen molar-refractivity contribution in [2.45, 2.75) is 58.4 Å². The van der Waals surface area contributed by atoms with E-state index in [1.807, 2.05) is 30.6 Å². The predicted molar refractivity (Wildman–Crippen MR) is 78.6 cm³/mol. The average Bonchev–Trinajstić information content (AvgIpc) is 2.61. The summed E-state index contributed by atoms with van der Waals surface area (Å²) >= 11 is 0. The van der Waals surface area contributed by atoms with Crippen molar-refractivity contribution in [3.8, 4) is 0 Å². The van der Waals surface area contributed by atoms with Crippen LogP contribution < -0.4 is 0 Å². The van der Waals surface area contributed by atoms with Crippen LogP contribution in [0.3, 0.4) is 0 Å². The fourth-order valence-corrected chi connectivity index (χ4v) is 2.47. The van der Waals surface area contributed by atoms with Gasteiger partial charge in [0.2, 0.25) is 5.91 Å². The minimum absolute atomic E-state index is 0.0740. The highest BCUT2D eigenvalue weighted by molar-refractivity contribution is 5.78. The molecule has 1 N–H and O–H groups in total. The number of carboxylic acids is 1. The normalized spacial score (nSPS) is 17.1. The lowest BCUT2D eigenvalue weighted by Gasteiger charge is -2.36. The highest BCUT2D eigenvalue weighted by Crippen LogP contribution is 2.15. The molecule has 0 saturated carbocycles. The third-order valence-electron chi connectivity index (χ3n) is 3.83. The highest BCUT2D eigenvalue weighted by atomic mass is 16.4. The molecule has 0 unspecified atom stereocenters. The van der Waals surface area contributed by atoms with E-state index in [1.165, 1.54) is 12.8 Å². The molecule has 0 spiro atoms. The van der Waals surface area contributed by atoms with Gasteiger partial charge in [-0.2, -0.15) is 0 Å². The number of carbonyl (C=O) groups is 2. The zero-order valence-corrected chi connectivity index (χ0v) is 13.0.